The Morgan fingerprint density at radius 1 is 1.29 bits per heavy atom. The number of hydrogen-bond acceptors (Lipinski definition) is 5. The highest BCUT2D eigenvalue weighted by molar-refractivity contribution is 5.80. The molecule has 0 fully saturated rings. The summed E-state index contributed by atoms with van der Waals surface area (Å²) in [7, 11) is 0. The molecule has 1 aromatic carbocycles. The van der Waals surface area contributed by atoms with Crippen molar-refractivity contribution in [2.45, 2.75) is 25.9 Å². The van der Waals surface area contributed by atoms with E-state index in [1.165, 1.54) is 0 Å². The molecule has 3 heterocycles. The second-order valence-corrected chi connectivity index (χ2v) is 6.74. The van der Waals surface area contributed by atoms with Crippen molar-refractivity contribution in [3.8, 4) is 22.6 Å². The molecular weight excluding hydrogens is 356 g/mol. The van der Waals surface area contributed by atoms with E-state index < -0.39 is 0 Å². The van der Waals surface area contributed by atoms with Crippen molar-refractivity contribution >= 4 is 5.91 Å². The predicted molar refractivity (Wildman–Crippen MR) is 104 cm³/mol. The molecule has 0 radical (unpaired) electrons. The molecule has 28 heavy (non-hydrogen) atoms. The van der Waals surface area contributed by atoms with E-state index in [0.29, 0.717) is 31.9 Å². The Labute approximate surface area is 163 Å². The van der Waals surface area contributed by atoms with Gasteiger partial charge in [-0.05, 0) is 36.2 Å². The highest BCUT2D eigenvalue weighted by Gasteiger charge is 2.28. The molecule has 7 heteroatoms. The van der Waals surface area contributed by atoms with Crippen molar-refractivity contribution in [2.75, 3.05) is 13.2 Å². The van der Waals surface area contributed by atoms with Gasteiger partial charge in [-0.2, -0.15) is 5.10 Å². The number of fused-ring (bicyclic) bond motifs is 1. The topological polar surface area (TPSA) is 80.5 Å². The fraction of sp³-hybridized carbons (Fsp3) is 0.286. The van der Waals surface area contributed by atoms with E-state index in [2.05, 4.69) is 10.1 Å². The number of phenols is 1. The minimum Gasteiger partial charge on any atom is -0.504 e. The summed E-state index contributed by atoms with van der Waals surface area (Å²) in [5.41, 5.74) is 2.51. The van der Waals surface area contributed by atoms with E-state index in [4.69, 9.17) is 4.74 Å². The maximum atomic E-state index is 13.2. The van der Waals surface area contributed by atoms with Crippen LogP contribution in [-0.4, -0.2) is 43.8 Å². The lowest BCUT2D eigenvalue weighted by atomic mass is 10.0. The number of benzene rings is 1. The number of rotatable bonds is 4. The highest BCUT2D eigenvalue weighted by Crippen LogP contribution is 2.37. The fourth-order valence-electron chi connectivity index (χ4n) is 3.54. The molecule has 7 nitrogen and oxygen atoms in total. The molecule has 0 spiro atoms. The third-order valence-electron chi connectivity index (χ3n) is 4.94. The number of nitrogens with zero attached hydrogens (tertiary/aromatic N) is 4. The number of amides is 1. The van der Waals surface area contributed by atoms with Gasteiger partial charge in [-0.15, -0.1) is 0 Å². The number of pyridine rings is 1. The summed E-state index contributed by atoms with van der Waals surface area (Å²) < 4.78 is 7.47. The Morgan fingerprint density at radius 3 is 2.89 bits per heavy atom. The largest absolute Gasteiger partial charge is 0.504 e. The number of phenolic OH excluding ortho intramolecular Hbond substituents is 1. The molecule has 1 aliphatic heterocycles. The molecule has 1 N–H and O–H groups in total. The molecule has 4 rings (SSSR count). The second kappa shape index (κ2) is 7.72. The molecule has 0 bridgehead atoms. The molecule has 1 atom stereocenters. The monoisotopic (exact) mass is 378 g/mol. The first-order valence-corrected chi connectivity index (χ1v) is 9.34. The Bertz CT molecular complexity index is 957. The maximum absolute atomic E-state index is 13.2. The third-order valence-corrected chi connectivity index (χ3v) is 4.94. The van der Waals surface area contributed by atoms with Crippen LogP contribution in [0.15, 0.2) is 55.1 Å². The maximum Gasteiger partial charge on any atom is 0.247 e. The van der Waals surface area contributed by atoms with Gasteiger partial charge < -0.3 is 14.7 Å². The summed E-state index contributed by atoms with van der Waals surface area (Å²) in [4.78, 5) is 19.1. The van der Waals surface area contributed by atoms with Crippen LogP contribution in [0.2, 0.25) is 0 Å². The minimum absolute atomic E-state index is 0.00563. The van der Waals surface area contributed by atoms with Gasteiger partial charge in [0.2, 0.25) is 5.91 Å². The number of carbonyl (C=O) groups is 1. The number of carbonyl (C=O) groups excluding carboxylic acids is 1. The first kappa shape index (κ1) is 18.0. The summed E-state index contributed by atoms with van der Waals surface area (Å²) >= 11 is 0. The van der Waals surface area contributed by atoms with Crippen LogP contribution in [0.3, 0.4) is 0 Å². The Morgan fingerprint density at radius 2 is 2.18 bits per heavy atom. The standard InChI is InChI=1S/C21H22N4O3/c1-2-18(25-8-4-7-23-25)21(27)24-9-10-28-20-17(14-24)11-16(12-19(20)26)15-5-3-6-22-13-15/h3-8,11-13,18,26H,2,9-10,14H2,1H3/t18-/m1/s1. The van der Waals surface area contributed by atoms with E-state index in [1.54, 1.807) is 40.4 Å². The smallest absolute Gasteiger partial charge is 0.247 e. The van der Waals surface area contributed by atoms with E-state index in [0.717, 1.165) is 16.7 Å². The molecule has 0 saturated carbocycles. The van der Waals surface area contributed by atoms with E-state index in [1.807, 2.05) is 31.2 Å². The quantitative estimate of drug-likeness (QED) is 0.755. The highest BCUT2D eigenvalue weighted by atomic mass is 16.5. The van der Waals surface area contributed by atoms with Gasteiger partial charge in [0.25, 0.3) is 0 Å². The summed E-state index contributed by atoms with van der Waals surface area (Å²) in [6.07, 6.45) is 7.57. The zero-order valence-electron chi connectivity index (χ0n) is 15.7. The van der Waals surface area contributed by atoms with Gasteiger partial charge in [0.1, 0.15) is 12.6 Å². The van der Waals surface area contributed by atoms with Crippen molar-refractivity contribution in [3.05, 3.63) is 60.7 Å². The fourth-order valence-corrected chi connectivity index (χ4v) is 3.54. The molecule has 2 aromatic heterocycles. The molecular formula is C21H22N4O3. The van der Waals surface area contributed by atoms with Gasteiger partial charge in [-0.3, -0.25) is 14.5 Å². The number of ether oxygens (including phenoxy) is 1. The summed E-state index contributed by atoms with van der Waals surface area (Å²) in [5, 5.41) is 14.7. The van der Waals surface area contributed by atoms with Gasteiger partial charge in [-0.25, -0.2) is 0 Å². The zero-order valence-corrected chi connectivity index (χ0v) is 15.7. The van der Waals surface area contributed by atoms with E-state index >= 15 is 0 Å². The van der Waals surface area contributed by atoms with Gasteiger partial charge in [0, 0.05) is 42.5 Å². The number of aromatic hydroxyl groups is 1. The van der Waals surface area contributed by atoms with Crippen LogP contribution >= 0.6 is 0 Å². The summed E-state index contributed by atoms with van der Waals surface area (Å²) in [6.45, 7) is 3.12. The summed E-state index contributed by atoms with van der Waals surface area (Å²) in [5.74, 6) is 0.508. The molecule has 144 valence electrons. The molecule has 1 aliphatic rings. The second-order valence-electron chi connectivity index (χ2n) is 6.74. The SMILES string of the molecule is CC[C@H](C(=O)N1CCOc2c(O)cc(-c3cccnc3)cc2C1)n1cccn1. The lowest BCUT2D eigenvalue weighted by molar-refractivity contribution is -0.136. The zero-order chi connectivity index (χ0) is 19.5. The van der Waals surface area contributed by atoms with Crippen LogP contribution in [0.5, 0.6) is 11.5 Å². The van der Waals surface area contributed by atoms with Crippen LogP contribution in [0.4, 0.5) is 0 Å². The van der Waals surface area contributed by atoms with Crippen molar-refractivity contribution in [1.82, 2.24) is 19.7 Å². The molecule has 1 amide bonds. The van der Waals surface area contributed by atoms with Crippen LogP contribution in [-0.2, 0) is 11.3 Å². The molecule has 3 aromatic rings. The van der Waals surface area contributed by atoms with Crippen molar-refractivity contribution in [2.24, 2.45) is 0 Å². The van der Waals surface area contributed by atoms with E-state index in [9.17, 15) is 9.90 Å². The molecule has 0 saturated heterocycles. The first-order chi connectivity index (χ1) is 13.7. The average molecular weight is 378 g/mol. The van der Waals surface area contributed by atoms with Crippen LogP contribution < -0.4 is 4.74 Å². The van der Waals surface area contributed by atoms with Gasteiger partial charge in [0.05, 0.1) is 6.54 Å². The Hall–Kier alpha value is -3.35. The van der Waals surface area contributed by atoms with Crippen LogP contribution in [0, 0.1) is 0 Å². The molecule has 0 unspecified atom stereocenters. The molecule has 0 aliphatic carbocycles. The van der Waals surface area contributed by atoms with Crippen molar-refractivity contribution in [3.63, 3.8) is 0 Å². The predicted octanol–water partition coefficient (Wildman–Crippen LogP) is 3.02. The third kappa shape index (κ3) is 3.43. The summed E-state index contributed by atoms with van der Waals surface area (Å²) in [6, 6.07) is 8.86. The first-order valence-electron chi connectivity index (χ1n) is 9.34. The van der Waals surface area contributed by atoms with Gasteiger partial charge in [0.15, 0.2) is 11.5 Å². The Kier molecular flexibility index (Phi) is 4.97. The van der Waals surface area contributed by atoms with Crippen LogP contribution in [0.25, 0.3) is 11.1 Å². The van der Waals surface area contributed by atoms with Gasteiger partial charge >= 0.3 is 0 Å². The number of hydrogen-bond donors (Lipinski definition) is 1. The average Bonchev–Trinajstić information content (AvgIpc) is 3.15. The Balaban J connectivity index is 1.65. The lowest BCUT2D eigenvalue weighted by Gasteiger charge is -2.25. The normalized spacial score (nSPS) is 14.7. The van der Waals surface area contributed by atoms with Crippen LogP contribution in [0.1, 0.15) is 24.9 Å². The van der Waals surface area contributed by atoms with Gasteiger partial charge in [-0.1, -0.05) is 13.0 Å². The minimum atomic E-state index is -0.355. The number of aromatic nitrogens is 3. The van der Waals surface area contributed by atoms with Crippen molar-refractivity contribution in [1.29, 1.82) is 0 Å². The van der Waals surface area contributed by atoms with E-state index in [-0.39, 0.29) is 17.7 Å². The van der Waals surface area contributed by atoms with Crippen molar-refractivity contribution < 1.29 is 14.6 Å². The lowest BCUT2D eigenvalue weighted by Crippen LogP contribution is -2.38.